The van der Waals surface area contributed by atoms with E-state index in [2.05, 4.69) is 0 Å². The van der Waals surface area contributed by atoms with E-state index in [-0.39, 0.29) is 18.2 Å². The first-order valence-electron chi connectivity index (χ1n) is 7.92. The van der Waals surface area contributed by atoms with Crippen molar-refractivity contribution in [3.8, 4) is 5.75 Å². The standard InChI is InChI=1S/C19H20ClNO3/c1-13(10-14-6-8-17(23-2)9-7-14)21-12-18(24-19(21)22)15-4-3-5-16(20)11-15/h3-9,11,13,18H,10,12H2,1-2H3/t13-,18?/m1/s1. The number of halogens is 1. The molecule has 1 heterocycles. The van der Waals surface area contributed by atoms with Gasteiger partial charge in [0.1, 0.15) is 11.9 Å². The number of methoxy groups -OCH3 is 1. The summed E-state index contributed by atoms with van der Waals surface area (Å²) in [6.07, 6.45) is 0.219. The fourth-order valence-electron chi connectivity index (χ4n) is 2.93. The molecule has 0 radical (unpaired) electrons. The van der Waals surface area contributed by atoms with Gasteiger partial charge in [-0.3, -0.25) is 0 Å². The molecular formula is C19H20ClNO3. The Hall–Kier alpha value is -2.20. The molecule has 0 spiro atoms. The summed E-state index contributed by atoms with van der Waals surface area (Å²) in [5.74, 6) is 0.827. The van der Waals surface area contributed by atoms with Crippen LogP contribution in [0.25, 0.3) is 0 Å². The third-order valence-electron chi connectivity index (χ3n) is 4.28. The summed E-state index contributed by atoms with van der Waals surface area (Å²) in [6, 6.07) is 15.4. The van der Waals surface area contributed by atoms with Crippen LogP contribution in [0.15, 0.2) is 48.5 Å². The number of ether oxygens (including phenoxy) is 2. The molecular weight excluding hydrogens is 326 g/mol. The van der Waals surface area contributed by atoms with Crippen molar-refractivity contribution in [3.05, 3.63) is 64.7 Å². The van der Waals surface area contributed by atoms with E-state index >= 15 is 0 Å². The lowest BCUT2D eigenvalue weighted by atomic mass is 10.0. The Labute approximate surface area is 146 Å². The lowest BCUT2D eigenvalue weighted by Gasteiger charge is -2.22. The zero-order chi connectivity index (χ0) is 17.1. The molecule has 2 aromatic carbocycles. The predicted molar refractivity (Wildman–Crippen MR) is 93.5 cm³/mol. The lowest BCUT2D eigenvalue weighted by Crippen LogP contribution is -2.35. The number of cyclic esters (lactones) is 1. The molecule has 0 N–H and O–H groups in total. The predicted octanol–water partition coefficient (Wildman–Crippen LogP) is 4.47. The van der Waals surface area contributed by atoms with Crippen LogP contribution in [0.1, 0.15) is 24.2 Å². The van der Waals surface area contributed by atoms with Crippen LogP contribution < -0.4 is 4.74 Å². The van der Waals surface area contributed by atoms with Gasteiger partial charge in [-0.1, -0.05) is 35.9 Å². The average molecular weight is 346 g/mol. The van der Waals surface area contributed by atoms with Crippen LogP contribution in [0.4, 0.5) is 4.79 Å². The molecule has 1 amide bonds. The molecule has 1 unspecified atom stereocenters. The molecule has 1 saturated heterocycles. The van der Waals surface area contributed by atoms with Crippen molar-refractivity contribution < 1.29 is 14.3 Å². The average Bonchev–Trinajstić information content (AvgIpc) is 2.97. The first-order chi connectivity index (χ1) is 11.6. The first-order valence-corrected chi connectivity index (χ1v) is 8.30. The molecule has 24 heavy (non-hydrogen) atoms. The van der Waals surface area contributed by atoms with Gasteiger partial charge in [-0.05, 0) is 48.7 Å². The van der Waals surface area contributed by atoms with Crippen molar-refractivity contribution in [2.24, 2.45) is 0 Å². The summed E-state index contributed by atoms with van der Waals surface area (Å²) < 4.78 is 10.7. The van der Waals surface area contributed by atoms with Crippen LogP contribution in [-0.4, -0.2) is 30.7 Å². The van der Waals surface area contributed by atoms with Gasteiger partial charge < -0.3 is 14.4 Å². The monoisotopic (exact) mass is 345 g/mol. The van der Waals surface area contributed by atoms with Crippen LogP contribution in [0, 0.1) is 0 Å². The topological polar surface area (TPSA) is 38.8 Å². The third-order valence-corrected chi connectivity index (χ3v) is 4.52. The van der Waals surface area contributed by atoms with Gasteiger partial charge in [0.25, 0.3) is 0 Å². The Morgan fingerprint density at radius 1 is 1.29 bits per heavy atom. The Kier molecular flexibility index (Phi) is 4.95. The van der Waals surface area contributed by atoms with Crippen molar-refractivity contribution in [1.29, 1.82) is 0 Å². The fraction of sp³-hybridized carbons (Fsp3) is 0.316. The molecule has 0 bridgehead atoms. The minimum atomic E-state index is -0.277. The smallest absolute Gasteiger partial charge is 0.410 e. The Morgan fingerprint density at radius 2 is 2.04 bits per heavy atom. The second kappa shape index (κ2) is 7.14. The van der Waals surface area contributed by atoms with Crippen molar-refractivity contribution in [2.45, 2.75) is 25.5 Å². The lowest BCUT2D eigenvalue weighted by molar-refractivity contribution is 0.129. The van der Waals surface area contributed by atoms with Crippen molar-refractivity contribution in [2.75, 3.05) is 13.7 Å². The summed E-state index contributed by atoms with van der Waals surface area (Å²) in [5, 5.41) is 0.647. The number of rotatable bonds is 5. The highest BCUT2D eigenvalue weighted by molar-refractivity contribution is 6.30. The largest absolute Gasteiger partial charge is 0.497 e. The molecule has 1 aliphatic rings. The molecule has 1 fully saturated rings. The number of hydrogen-bond acceptors (Lipinski definition) is 3. The van der Waals surface area contributed by atoms with E-state index in [1.54, 1.807) is 12.0 Å². The quantitative estimate of drug-likeness (QED) is 0.802. The maximum atomic E-state index is 12.2. The molecule has 4 nitrogen and oxygen atoms in total. The molecule has 2 aromatic rings. The van der Waals surface area contributed by atoms with Crippen LogP contribution in [-0.2, 0) is 11.2 Å². The first kappa shape index (κ1) is 16.7. The van der Waals surface area contributed by atoms with Crippen molar-refractivity contribution in [3.63, 3.8) is 0 Å². The minimum absolute atomic E-state index is 0.0510. The van der Waals surface area contributed by atoms with E-state index in [0.29, 0.717) is 11.6 Å². The number of amides is 1. The summed E-state index contributed by atoms with van der Waals surface area (Å²) in [7, 11) is 1.65. The number of carbonyl (C=O) groups excluding carboxylic acids is 1. The fourth-order valence-corrected chi connectivity index (χ4v) is 3.13. The van der Waals surface area contributed by atoms with Gasteiger partial charge in [0.05, 0.1) is 13.7 Å². The SMILES string of the molecule is COc1ccc(C[C@@H](C)N2CC(c3cccc(Cl)c3)OC2=O)cc1. The van der Waals surface area contributed by atoms with E-state index in [9.17, 15) is 4.79 Å². The molecule has 0 aromatic heterocycles. The maximum absolute atomic E-state index is 12.2. The minimum Gasteiger partial charge on any atom is -0.497 e. The van der Waals surface area contributed by atoms with E-state index in [0.717, 1.165) is 23.3 Å². The van der Waals surface area contributed by atoms with Gasteiger partial charge in [-0.25, -0.2) is 4.79 Å². The Morgan fingerprint density at radius 3 is 2.71 bits per heavy atom. The second-order valence-electron chi connectivity index (χ2n) is 5.98. The summed E-state index contributed by atoms with van der Waals surface area (Å²) in [6.45, 7) is 2.57. The highest BCUT2D eigenvalue weighted by atomic mass is 35.5. The van der Waals surface area contributed by atoms with Gasteiger partial charge in [0.2, 0.25) is 0 Å². The van der Waals surface area contributed by atoms with Crippen LogP contribution >= 0.6 is 11.6 Å². The highest BCUT2D eigenvalue weighted by Crippen LogP contribution is 2.29. The number of hydrogen-bond donors (Lipinski definition) is 0. The van der Waals surface area contributed by atoms with Crippen LogP contribution in [0.2, 0.25) is 5.02 Å². The van der Waals surface area contributed by atoms with Crippen LogP contribution in [0.5, 0.6) is 5.75 Å². The zero-order valence-corrected chi connectivity index (χ0v) is 14.5. The van der Waals surface area contributed by atoms with Crippen molar-refractivity contribution >= 4 is 17.7 Å². The highest BCUT2D eigenvalue weighted by Gasteiger charge is 2.35. The molecule has 3 rings (SSSR count). The number of nitrogens with zero attached hydrogens (tertiary/aromatic N) is 1. The van der Waals surface area contributed by atoms with Gasteiger partial charge in [0.15, 0.2) is 0 Å². The molecule has 5 heteroatoms. The summed E-state index contributed by atoms with van der Waals surface area (Å²) in [5.41, 5.74) is 2.08. The zero-order valence-electron chi connectivity index (χ0n) is 13.7. The molecule has 0 aliphatic carbocycles. The van der Waals surface area contributed by atoms with Gasteiger partial charge in [0, 0.05) is 11.1 Å². The summed E-state index contributed by atoms with van der Waals surface area (Å²) >= 11 is 6.03. The van der Waals surface area contributed by atoms with E-state index in [1.807, 2.05) is 55.5 Å². The maximum Gasteiger partial charge on any atom is 0.410 e. The third kappa shape index (κ3) is 3.65. The Bertz CT molecular complexity index is 717. The molecule has 2 atom stereocenters. The molecule has 1 aliphatic heterocycles. The number of benzene rings is 2. The van der Waals surface area contributed by atoms with Crippen molar-refractivity contribution in [1.82, 2.24) is 4.90 Å². The van der Waals surface area contributed by atoms with Gasteiger partial charge in [-0.2, -0.15) is 0 Å². The number of carbonyl (C=O) groups is 1. The van der Waals surface area contributed by atoms with Gasteiger partial charge in [-0.15, -0.1) is 0 Å². The molecule has 0 saturated carbocycles. The normalized spacial score (nSPS) is 18.4. The van der Waals surface area contributed by atoms with Crippen LogP contribution in [0.3, 0.4) is 0 Å². The second-order valence-corrected chi connectivity index (χ2v) is 6.42. The van der Waals surface area contributed by atoms with E-state index in [1.165, 1.54) is 0 Å². The Balaban J connectivity index is 1.66. The van der Waals surface area contributed by atoms with E-state index in [4.69, 9.17) is 21.1 Å². The van der Waals surface area contributed by atoms with Gasteiger partial charge >= 0.3 is 6.09 Å². The summed E-state index contributed by atoms with van der Waals surface area (Å²) in [4.78, 5) is 14.0. The molecule has 126 valence electrons. The van der Waals surface area contributed by atoms with E-state index < -0.39 is 0 Å².